The molecule has 1 aliphatic carbocycles. The zero-order chi connectivity index (χ0) is 12.4. The van der Waals surface area contributed by atoms with Crippen molar-refractivity contribution in [2.24, 2.45) is 0 Å². The van der Waals surface area contributed by atoms with Crippen LogP contribution in [0.4, 0.5) is 8.78 Å². The van der Waals surface area contributed by atoms with E-state index in [1.165, 1.54) is 13.2 Å². The van der Waals surface area contributed by atoms with Crippen molar-refractivity contribution in [3.8, 4) is 5.75 Å². The number of halogens is 2. The summed E-state index contributed by atoms with van der Waals surface area (Å²) in [5, 5.41) is 0. The van der Waals surface area contributed by atoms with Crippen molar-refractivity contribution in [3.63, 3.8) is 0 Å². The number of benzene rings is 1. The van der Waals surface area contributed by atoms with Gasteiger partial charge in [0.05, 0.1) is 7.11 Å². The first-order valence-electron chi connectivity index (χ1n) is 5.66. The maximum absolute atomic E-state index is 13.8. The molecule has 0 unspecified atom stereocenters. The monoisotopic (exact) mass is 240 g/mol. The molecule has 1 aromatic carbocycles. The first-order valence-corrected chi connectivity index (χ1v) is 5.66. The second kappa shape index (κ2) is 4.82. The fraction of sp³-hybridized carbons (Fsp3) is 0.462. The predicted octanol–water partition coefficient (Wildman–Crippen LogP) is 3.20. The Morgan fingerprint density at radius 2 is 1.82 bits per heavy atom. The van der Waals surface area contributed by atoms with Gasteiger partial charge in [-0.15, -0.1) is 0 Å². The Bertz CT molecular complexity index is 433. The number of ether oxygens (including phenoxy) is 1. The largest absolute Gasteiger partial charge is 0.494 e. The van der Waals surface area contributed by atoms with Gasteiger partial charge >= 0.3 is 0 Å². The fourth-order valence-electron chi connectivity index (χ4n) is 2.26. The second-order valence-electron chi connectivity index (χ2n) is 4.32. The molecule has 0 aromatic heterocycles. The van der Waals surface area contributed by atoms with Crippen LogP contribution in [0.3, 0.4) is 0 Å². The molecule has 0 atom stereocenters. The number of methoxy groups -OCH3 is 1. The molecular formula is C13H14F2O2. The number of carbonyl (C=O) groups excluding carboxylic acids is 1. The van der Waals surface area contributed by atoms with Gasteiger partial charge < -0.3 is 4.74 Å². The van der Waals surface area contributed by atoms with Gasteiger partial charge in [-0.2, -0.15) is 0 Å². The Morgan fingerprint density at radius 1 is 1.18 bits per heavy atom. The Labute approximate surface area is 98.6 Å². The topological polar surface area (TPSA) is 26.3 Å². The molecule has 0 heterocycles. The standard InChI is InChI=1S/C13H14F2O2/c1-17-13-7-11(14)10(6-12(13)15)8-2-4-9(16)5-3-8/h6-8H,2-5H2,1H3. The average Bonchev–Trinajstić information content (AvgIpc) is 2.33. The maximum Gasteiger partial charge on any atom is 0.165 e. The molecule has 17 heavy (non-hydrogen) atoms. The molecule has 2 nitrogen and oxygen atoms in total. The number of Topliss-reactive ketones (excluding diaryl/α,β-unsaturated/α-hetero) is 1. The van der Waals surface area contributed by atoms with E-state index in [1.54, 1.807) is 0 Å². The lowest BCUT2D eigenvalue weighted by Crippen LogP contribution is -2.13. The van der Waals surface area contributed by atoms with E-state index < -0.39 is 11.6 Å². The third kappa shape index (κ3) is 2.46. The minimum Gasteiger partial charge on any atom is -0.494 e. The van der Waals surface area contributed by atoms with Crippen LogP contribution in [0.2, 0.25) is 0 Å². The van der Waals surface area contributed by atoms with Gasteiger partial charge in [-0.1, -0.05) is 0 Å². The van der Waals surface area contributed by atoms with E-state index in [4.69, 9.17) is 4.74 Å². The van der Waals surface area contributed by atoms with Crippen LogP contribution in [0.15, 0.2) is 12.1 Å². The normalized spacial score (nSPS) is 17.2. The zero-order valence-corrected chi connectivity index (χ0v) is 9.63. The van der Waals surface area contributed by atoms with Gasteiger partial charge in [0.25, 0.3) is 0 Å². The molecule has 0 bridgehead atoms. The lowest BCUT2D eigenvalue weighted by atomic mass is 9.83. The first-order chi connectivity index (χ1) is 8.11. The zero-order valence-electron chi connectivity index (χ0n) is 9.63. The van der Waals surface area contributed by atoms with Gasteiger partial charge in [-0.3, -0.25) is 4.79 Å². The summed E-state index contributed by atoms with van der Waals surface area (Å²) in [4.78, 5) is 11.1. The van der Waals surface area contributed by atoms with Crippen molar-refractivity contribution >= 4 is 5.78 Å². The molecule has 0 N–H and O–H groups in total. The lowest BCUT2D eigenvalue weighted by molar-refractivity contribution is -0.120. The summed E-state index contributed by atoms with van der Waals surface area (Å²) in [6.07, 6.45) is 2.11. The van der Waals surface area contributed by atoms with Gasteiger partial charge in [0.2, 0.25) is 0 Å². The van der Waals surface area contributed by atoms with Crippen LogP contribution in [-0.2, 0) is 4.79 Å². The minimum absolute atomic E-state index is 0.0619. The van der Waals surface area contributed by atoms with E-state index >= 15 is 0 Å². The number of ketones is 1. The molecule has 0 spiro atoms. The number of hydrogen-bond donors (Lipinski definition) is 0. The van der Waals surface area contributed by atoms with E-state index in [0.717, 1.165) is 6.07 Å². The smallest absolute Gasteiger partial charge is 0.165 e. The molecule has 0 saturated heterocycles. The van der Waals surface area contributed by atoms with Crippen molar-refractivity contribution in [2.45, 2.75) is 31.6 Å². The van der Waals surface area contributed by atoms with Gasteiger partial charge in [-0.25, -0.2) is 8.78 Å². The summed E-state index contributed by atoms with van der Waals surface area (Å²) in [6, 6.07) is 2.26. The molecule has 1 fully saturated rings. The van der Waals surface area contributed by atoms with Gasteiger partial charge in [0.15, 0.2) is 11.6 Å². The quantitative estimate of drug-likeness (QED) is 0.793. The van der Waals surface area contributed by atoms with E-state index in [2.05, 4.69) is 0 Å². The van der Waals surface area contributed by atoms with Crippen LogP contribution in [0, 0.1) is 11.6 Å². The molecule has 0 amide bonds. The average molecular weight is 240 g/mol. The molecule has 0 radical (unpaired) electrons. The van der Waals surface area contributed by atoms with Crippen LogP contribution >= 0.6 is 0 Å². The van der Waals surface area contributed by atoms with E-state index in [9.17, 15) is 13.6 Å². The van der Waals surface area contributed by atoms with Crippen molar-refractivity contribution in [1.29, 1.82) is 0 Å². The van der Waals surface area contributed by atoms with Crippen molar-refractivity contribution in [2.75, 3.05) is 7.11 Å². The highest BCUT2D eigenvalue weighted by Gasteiger charge is 2.24. The molecule has 4 heteroatoms. The van der Waals surface area contributed by atoms with Crippen molar-refractivity contribution in [1.82, 2.24) is 0 Å². The number of rotatable bonds is 2. The molecule has 0 aliphatic heterocycles. The SMILES string of the molecule is COc1cc(F)c(C2CCC(=O)CC2)cc1F. The number of carbonyl (C=O) groups is 1. The van der Waals surface area contributed by atoms with Gasteiger partial charge in [0.1, 0.15) is 11.6 Å². The highest BCUT2D eigenvalue weighted by molar-refractivity contribution is 5.79. The third-order valence-corrected chi connectivity index (χ3v) is 3.25. The lowest BCUT2D eigenvalue weighted by Gasteiger charge is -2.22. The summed E-state index contributed by atoms with van der Waals surface area (Å²) in [5.41, 5.74) is 0.357. The van der Waals surface area contributed by atoms with Crippen molar-refractivity contribution in [3.05, 3.63) is 29.3 Å². The van der Waals surface area contributed by atoms with Crippen LogP contribution in [0.5, 0.6) is 5.75 Å². The first kappa shape index (κ1) is 12.0. The van der Waals surface area contributed by atoms with Crippen LogP contribution < -0.4 is 4.74 Å². The summed E-state index contributed by atoms with van der Waals surface area (Å²) in [6.45, 7) is 0. The molecule has 92 valence electrons. The summed E-state index contributed by atoms with van der Waals surface area (Å²) >= 11 is 0. The van der Waals surface area contributed by atoms with E-state index in [0.29, 0.717) is 31.2 Å². The molecule has 1 aliphatic rings. The Kier molecular flexibility index (Phi) is 3.41. The highest BCUT2D eigenvalue weighted by atomic mass is 19.1. The van der Waals surface area contributed by atoms with E-state index in [-0.39, 0.29) is 17.5 Å². The number of hydrogen-bond acceptors (Lipinski definition) is 2. The van der Waals surface area contributed by atoms with Crippen LogP contribution in [-0.4, -0.2) is 12.9 Å². The fourth-order valence-corrected chi connectivity index (χ4v) is 2.26. The Hall–Kier alpha value is -1.45. The summed E-state index contributed by atoms with van der Waals surface area (Å²) < 4.78 is 32.0. The summed E-state index contributed by atoms with van der Waals surface area (Å²) in [5.74, 6) is -0.953. The Morgan fingerprint density at radius 3 is 2.41 bits per heavy atom. The second-order valence-corrected chi connectivity index (χ2v) is 4.32. The van der Waals surface area contributed by atoms with Gasteiger partial charge in [0, 0.05) is 18.9 Å². The Balaban J connectivity index is 2.26. The minimum atomic E-state index is -0.555. The van der Waals surface area contributed by atoms with Crippen molar-refractivity contribution < 1.29 is 18.3 Å². The van der Waals surface area contributed by atoms with Crippen LogP contribution in [0.25, 0.3) is 0 Å². The molecule has 1 aromatic rings. The molecule has 2 rings (SSSR count). The van der Waals surface area contributed by atoms with E-state index in [1.807, 2.05) is 0 Å². The third-order valence-electron chi connectivity index (χ3n) is 3.25. The van der Waals surface area contributed by atoms with Crippen LogP contribution in [0.1, 0.15) is 37.2 Å². The predicted molar refractivity (Wildman–Crippen MR) is 59.1 cm³/mol. The van der Waals surface area contributed by atoms with Gasteiger partial charge in [-0.05, 0) is 30.4 Å². The highest BCUT2D eigenvalue weighted by Crippen LogP contribution is 2.34. The molecular weight excluding hydrogens is 226 g/mol. The summed E-state index contributed by atoms with van der Waals surface area (Å²) in [7, 11) is 1.30. The maximum atomic E-state index is 13.8. The molecule has 1 saturated carbocycles.